The van der Waals surface area contributed by atoms with Gasteiger partial charge < -0.3 is 15.2 Å². The van der Waals surface area contributed by atoms with Crippen molar-refractivity contribution in [3.63, 3.8) is 0 Å². The minimum atomic E-state index is -4.85. The van der Waals surface area contributed by atoms with Crippen LogP contribution in [0.2, 0.25) is 0 Å². The van der Waals surface area contributed by atoms with Crippen LogP contribution in [0.4, 0.5) is 13.2 Å². The van der Waals surface area contributed by atoms with Crippen LogP contribution in [0.5, 0.6) is 5.75 Å². The van der Waals surface area contributed by atoms with Crippen molar-refractivity contribution in [2.45, 2.75) is 44.6 Å². The number of rotatable bonds is 6. The molecule has 170 valence electrons. The minimum Gasteiger partial charge on any atom is -0.405 e. The Morgan fingerprint density at radius 2 is 2.03 bits per heavy atom. The summed E-state index contributed by atoms with van der Waals surface area (Å²) in [6, 6.07) is 8.38. The molecule has 3 aromatic rings. The fraction of sp³-hybridized carbons (Fsp3) is 0.350. The van der Waals surface area contributed by atoms with E-state index in [4.69, 9.17) is 0 Å². The molecule has 3 heterocycles. The molecule has 0 saturated carbocycles. The van der Waals surface area contributed by atoms with Crippen LogP contribution >= 0.6 is 0 Å². The maximum atomic E-state index is 12.6. The highest BCUT2D eigenvalue weighted by Gasteiger charge is 2.32. The normalized spacial score (nSPS) is 18.8. The number of para-hydroxylation sites is 1. The van der Waals surface area contributed by atoms with Crippen LogP contribution in [0.1, 0.15) is 28.8 Å². The van der Waals surface area contributed by atoms with Crippen molar-refractivity contribution in [2.24, 2.45) is 0 Å². The maximum absolute atomic E-state index is 12.6. The Morgan fingerprint density at radius 3 is 2.75 bits per heavy atom. The molecule has 9 nitrogen and oxygen atoms in total. The van der Waals surface area contributed by atoms with Crippen LogP contribution in [-0.2, 0) is 13.1 Å². The molecule has 0 radical (unpaired) electrons. The number of halogens is 3. The summed E-state index contributed by atoms with van der Waals surface area (Å²) in [4.78, 5) is 25.2. The lowest BCUT2D eigenvalue weighted by molar-refractivity contribution is -0.274. The molecule has 32 heavy (non-hydrogen) atoms. The van der Waals surface area contributed by atoms with Crippen LogP contribution in [0.25, 0.3) is 5.65 Å². The van der Waals surface area contributed by atoms with Crippen LogP contribution in [-0.4, -0.2) is 43.8 Å². The number of carbonyl (C=O) groups excluding carboxylic acids is 1. The van der Waals surface area contributed by atoms with E-state index in [1.807, 2.05) is 0 Å². The fourth-order valence-corrected chi connectivity index (χ4v) is 3.57. The summed E-state index contributed by atoms with van der Waals surface area (Å²) in [5.74, 6) is -0.979. The van der Waals surface area contributed by atoms with Gasteiger partial charge in [0, 0.05) is 24.3 Å². The van der Waals surface area contributed by atoms with Gasteiger partial charge in [-0.15, -0.1) is 18.3 Å². The van der Waals surface area contributed by atoms with Crippen molar-refractivity contribution in [3.05, 3.63) is 64.2 Å². The van der Waals surface area contributed by atoms with Crippen molar-refractivity contribution in [3.8, 4) is 5.75 Å². The van der Waals surface area contributed by atoms with E-state index in [-0.39, 0.29) is 30.3 Å². The Hall–Kier alpha value is -3.38. The number of amides is 1. The summed E-state index contributed by atoms with van der Waals surface area (Å²) >= 11 is 0. The second kappa shape index (κ2) is 8.63. The molecule has 0 aliphatic carbocycles. The van der Waals surface area contributed by atoms with E-state index in [2.05, 4.69) is 20.5 Å². The second-order valence-electron chi connectivity index (χ2n) is 7.41. The van der Waals surface area contributed by atoms with Gasteiger partial charge in [-0.25, -0.2) is 13.9 Å². The summed E-state index contributed by atoms with van der Waals surface area (Å²) in [7, 11) is 0. The van der Waals surface area contributed by atoms with Gasteiger partial charge in [-0.05, 0) is 31.0 Å². The lowest BCUT2D eigenvalue weighted by Gasteiger charge is -2.13. The van der Waals surface area contributed by atoms with Gasteiger partial charge in [-0.1, -0.05) is 18.2 Å². The topological polar surface area (TPSA) is 110 Å². The lowest BCUT2D eigenvalue weighted by Crippen LogP contribution is -2.35. The molecular formula is C20H20F3N5O4. The summed E-state index contributed by atoms with van der Waals surface area (Å²) in [5, 5.41) is 19.3. The lowest BCUT2D eigenvalue weighted by atomic mass is 10.2. The molecule has 0 bridgehead atoms. The molecule has 1 aliphatic rings. The number of hydrogen-bond donors (Lipinski definition) is 3. The van der Waals surface area contributed by atoms with Crippen molar-refractivity contribution in [1.29, 1.82) is 0 Å². The predicted octanol–water partition coefficient (Wildman–Crippen LogP) is 1.39. The van der Waals surface area contributed by atoms with Crippen molar-refractivity contribution >= 4 is 11.6 Å². The van der Waals surface area contributed by atoms with Gasteiger partial charge in [-0.3, -0.25) is 10.1 Å². The number of hydrogen-bond acceptors (Lipinski definition) is 6. The second-order valence-corrected chi connectivity index (χ2v) is 7.41. The number of nitrogens with zero attached hydrogens (tertiary/aromatic N) is 3. The molecule has 1 saturated heterocycles. The molecule has 1 fully saturated rings. The zero-order valence-corrected chi connectivity index (χ0v) is 16.7. The van der Waals surface area contributed by atoms with E-state index < -0.39 is 29.9 Å². The summed E-state index contributed by atoms with van der Waals surface area (Å²) in [5.41, 5.74) is 0.189. The zero-order chi connectivity index (χ0) is 22.9. The first-order chi connectivity index (χ1) is 15.2. The average Bonchev–Trinajstić information content (AvgIpc) is 3.28. The first-order valence-electron chi connectivity index (χ1n) is 9.85. The number of carbonyl (C=O) groups is 1. The Balaban J connectivity index is 1.48. The highest BCUT2D eigenvalue weighted by Crippen LogP contribution is 2.26. The van der Waals surface area contributed by atoms with Crippen molar-refractivity contribution in [1.82, 2.24) is 24.8 Å². The first kappa shape index (κ1) is 21.8. The predicted molar refractivity (Wildman–Crippen MR) is 106 cm³/mol. The third kappa shape index (κ3) is 4.92. The molecule has 1 amide bonds. The number of alkyl halides is 3. The third-order valence-electron chi connectivity index (χ3n) is 5.09. The van der Waals surface area contributed by atoms with Crippen molar-refractivity contribution < 1.29 is 27.8 Å². The Morgan fingerprint density at radius 1 is 1.25 bits per heavy atom. The van der Waals surface area contributed by atoms with Gasteiger partial charge in [0.1, 0.15) is 12.0 Å². The number of aromatic nitrogens is 3. The molecule has 12 heteroatoms. The Kier molecular flexibility index (Phi) is 5.89. The van der Waals surface area contributed by atoms with Gasteiger partial charge >= 0.3 is 12.1 Å². The SMILES string of the molecule is O=C(NCc1ccccc1OC(F)(F)F)c1ccc2nn(CC3CCC(O)N3)c(=O)n2c1. The average molecular weight is 451 g/mol. The van der Waals surface area contributed by atoms with Crippen LogP contribution in [0.15, 0.2) is 47.4 Å². The number of pyridine rings is 1. The summed E-state index contributed by atoms with van der Waals surface area (Å²) in [6.07, 6.45) is -2.83. The van der Waals surface area contributed by atoms with E-state index in [1.54, 1.807) is 0 Å². The Labute approximate surface area is 179 Å². The molecular weight excluding hydrogens is 431 g/mol. The van der Waals surface area contributed by atoms with Crippen LogP contribution < -0.4 is 21.1 Å². The first-order valence-corrected chi connectivity index (χ1v) is 9.85. The van der Waals surface area contributed by atoms with Crippen molar-refractivity contribution in [2.75, 3.05) is 0 Å². The quantitative estimate of drug-likeness (QED) is 0.523. The Bertz CT molecular complexity index is 1190. The zero-order valence-electron chi connectivity index (χ0n) is 16.7. The van der Waals surface area contributed by atoms with E-state index in [1.165, 1.54) is 45.6 Å². The van der Waals surface area contributed by atoms with Gasteiger partial charge in [0.25, 0.3) is 5.91 Å². The number of nitrogens with one attached hydrogen (secondary N) is 2. The third-order valence-corrected chi connectivity index (χ3v) is 5.09. The van der Waals surface area contributed by atoms with Gasteiger partial charge in [0.15, 0.2) is 5.65 Å². The molecule has 2 atom stereocenters. The van der Waals surface area contributed by atoms with E-state index in [9.17, 15) is 27.9 Å². The highest BCUT2D eigenvalue weighted by molar-refractivity contribution is 5.94. The van der Waals surface area contributed by atoms with E-state index in [0.29, 0.717) is 18.5 Å². The number of aliphatic hydroxyl groups is 1. The molecule has 1 aliphatic heterocycles. The molecule has 2 unspecified atom stereocenters. The van der Waals surface area contributed by atoms with Gasteiger partial charge in [-0.2, -0.15) is 0 Å². The minimum absolute atomic E-state index is 0.0885. The van der Waals surface area contributed by atoms with Crippen LogP contribution in [0.3, 0.4) is 0 Å². The smallest absolute Gasteiger partial charge is 0.405 e. The summed E-state index contributed by atoms with van der Waals surface area (Å²) < 4.78 is 44.1. The van der Waals surface area contributed by atoms with Gasteiger partial charge in [0.2, 0.25) is 0 Å². The standard InChI is InChI=1S/C20H20F3N5O4/c21-20(22,23)32-15-4-2-1-3-12(15)9-24-18(30)13-5-7-16-26-28(19(31)27(16)10-13)11-14-6-8-17(29)25-14/h1-5,7,10,14,17,25,29H,6,8-9,11H2,(H,24,30). The van der Waals surface area contributed by atoms with Gasteiger partial charge in [0.05, 0.1) is 12.1 Å². The fourth-order valence-electron chi connectivity index (χ4n) is 3.57. The number of benzene rings is 1. The largest absolute Gasteiger partial charge is 0.573 e. The molecule has 0 spiro atoms. The van der Waals surface area contributed by atoms with E-state index in [0.717, 1.165) is 6.07 Å². The highest BCUT2D eigenvalue weighted by atomic mass is 19.4. The number of ether oxygens (including phenoxy) is 1. The monoisotopic (exact) mass is 451 g/mol. The number of fused-ring (bicyclic) bond motifs is 1. The number of aliphatic hydroxyl groups excluding tert-OH is 1. The molecule has 1 aromatic carbocycles. The summed E-state index contributed by atoms with van der Waals surface area (Å²) in [6.45, 7) is 0.0715. The maximum Gasteiger partial charge on any atom is 0.573 e. The molecule has 4 rings (SSSR count). The molecule has 3 N–H and O–H groups in total. The van der Waals surface area contributed by atoms with Crippen LogP contribution in [0, 0.1) is 0 Å². The van der Waals surface area contributed by atoms with E-state index >= 15 is 0 Å². The molecule has 2 aromatic heterocycles.